The zero-order valence-electron chi connectivity index (χ0n) is 15.4. The molecule has 5 nitrogen and oxygen atoms in total. The Hall–Kier alpha value is -2.77. The van der Waals surface area contributed by atoms with Gasteiger partial charge in [-0.15, -0.1) is 11.3 Å². The number of allylic oxidation sites excluding steroid dienone is 1. The summed E-state index contributed by atoms with van der Waals surface area (Å²) in [7, 11) is 0. The maximum Gasteiger partial charge on any atom is 0.338 e. The topological polar surface area (TPSA) is 60.7 Å². The molecule has 7 heteroatoms. The Labute approximate surface area is 169 Å². The summed E-state index contributed by atoms with van der Waals surface area (Å²) in [6, 6.07) is 13.0. The molecule has 1 aliphatic heterocycles. The Kier molecular flexibility index (Phi) is 5.11. The number of hydrogen-bond acceptors (Lipinski definition) is 6. The van der Waals surface area contributed by atoms with Gasteiger partial charge in [0, 0.05) is 4.88 Å². The summed E-state index contributed by atoms with van der Waals surface area (Å²) in [4.78, 5) is 32.0. The van der Waals surface area contributed by atoms with Gasteiger partial charge in [-0.2, -0.15) is 0 Å². The highest BCUT2D eigenvalue weighted by Gasteiger charge is 2.33. The molecule has 0 N–H and O–H groups in total. The molecule has 0 saturated heterocycles. The second kappa shape index (κ2) is 7.69. The van der Waals surface area contributed by atoms with E-state index in [2.05, 4.69) is 4.99 Å². The molecule has 4 rings (SSSR count). The number of nitrogens with zero attached hydrogens (tertiary/aromatic N) is 2. The molecule has 3 aromatic rings. The van der Waals surface area contributed by atoms with E-state index in [0.717, 1.165) is 10.4 Å². The summed E-state index contributed by atoms with van der Waals surface area (Å²) in [6.07, 6.45) is 1.86. The molecule has 0 spiro atoms. The molecule has 2 aromatic heterocycles. The number of ether oxygens (including phenoxy) is 1. The van der Waals surface area contributed by atoms with Crippen molar-refractivity contribution in [2.24, 2.45) is 4.99 Å². The number of fused-ring (bicyclic) bond motifs is 1. The predicted octanol–water partition coefficient (Wildman–Crippen LogP) is 2.86. The molecular formula is C21H18N2O3S2. The Balaban J connectivity index is 1.95. The summed E-state index contributed by atoms with van der Waals surface area (Å²) in [5.41, 5.74) is 1.80. The molecule has 0 amide bonds. The van der Waals surface area contributed by atoms with Crippen LogP contribution in [0.5, 0.6) is 0 Å². The van der Waals surface area contributed by atoms with Gasteiger partial charge >= 0.3 is 5.97 Å². The van der Waals surface area contributed by atoms with Crippen LogP contribution in [0, 0.1) is 0 Å². The number of carbonyl (C=O) groups is 1. The lowest BCUT2D eigenvalue weighted by Crippen LogP contribution is -2.39. The van der Waals surface area contributed by atoms with Crippen molar-refractivity contribution in [2.75, 3.05) is 6.61 Å². The lowest BCUT2D eigenvalue weighted by Gasteiger charge is -2.23. The minimum atomic E-state index is -0.520. The maximum absolute atomic E-state index is 13.3. The van der Waals surface area contributed by atoms with Gasteiger partial charge in [-0.25, -0.2) is 9.79 Å². The summed E-state index contributed by atoms with van der Waals surface area (Å²) < 4.78 is 7.47. The van der Waals surface area contributed by atoms with Crippen LogP contribution < -0.4 is 14.9 Å². The van der Waals surface area contributed by atoms with Crippen molar-refractivity contribution < 1.29 is 9.53 Å². The molecule has 0 bridgehead atoms. The van der Waals surface area contributed by atoms with E-state index >= 15 is 0 Å². The zero-order chi connectivity index (χ0) is 19.7. The molecule has 142 valence electrons. The quantitative estimate of drug-likeness (QED) is 0.622. The highest BCUT2D eigenvalue weighted by atomic mass is 32.1. The number of thiophene rings is 1. The smallest absolute Gasteiger partial charge is 0.338 e. The van der Waals surface area contributed by atoms with Crippen molar-refractivity contribution >= 4 is 34.7 Å². The van der Waals surface area contributed by atoms with Gasteiger partial charge in [0.05, 0.1) is 22.4 Å². The third kappa shape index (κ3) is 3.27. The van der Waals surface area contributed by atoms with Crippen LogP contribution in [0.3, 0.4) is 0 Å². The first-order valence-corrected chi connectivity index (χ1v) is 10.6. The summed E-state index contributed by atoms with van der Waals surface area (Å²) in [5, 5.41) is 1.94. The van der Waals surface area contributed by atoms with Crippen molar-refractivity contribution in [1.29, 1.82) is 0 Å². The molecule has 0 aliphatic carbocycles. The van der Waals surface area contributed by atoms with E-state index in [1.165, 1.54) is 22.7 Å². The average molecular weight is 411 g/mol. The molecule has 1 aliphatic rings. The van der Waals surface area contributed by atoms with E-state index in [1.807, 2.05) is 53.9 Å². The van der Waals surface area contributed by atoms with E-state index in [4.69, 9.17) is 4.74 Å². The Morgan fingerprint density at radius 1 is 1.25 bits per heavy atom. The third-order valence-electron chi connectivity index (χ3n) is 4.43. The number of rotatable bonds is 4. The van der Waals surface area contributed by atoms with Crippen molar-refractivity contribution in [3.05, 3.63) is 89.2 Å². The Bertz CT molecular complexity index is 1220. The number of esters is 1. The van der Waals surface area contributed by atoms with Gasteiger partial charge in [0.2, 0.25) is 0 Å². The van der Waals surface area contributed by atoms with E-state index in [-0.39, 0.29) is 12.2 Å². The number of carbonyl (C=O) groups excluding carboxylic acids is 1. The van der Waals surface area contributed by atoms with Gasteiger partial charge in [-0.1, -0.05) is 47.7 Å². The van der Waals surface area contributed by atoms with Crippen molar-refractivity contribution in [1.82, 2.24) is 4.57 Å². The first kappa shape index (κ1) is 18.6. The normalized spacial score (nSPS) is 16.6. The zero-order valence-corrected chi connectivity index (χ0v) is 17.0. The van der Waals surface area contributed by atoms with E-state index in [0.29, 0.717) is 20.6 Å². The fourth-order valence-corrected chi connectivity index (χ4v) is 5.08. The van der Waals surface area contributed by atoms with E-state index in [9.17, 15) is 9.59 Å². The largest absolute Gasteiger partial charge is 0.463 e. The SMILES string of the molecule is CCOC(=O)C1=C(C)N=c2sc(=Cc3ccccc3)c(=O)n2[C@H]1c1cccs1. The lowest BCUT2D eigenvalue weighted by atomic mass is 10.0. The summed E-state index contributed by atoms with van der Waals surface area (Å²) in [6.45, 7) is 3.83. The van der Waals surface area contributed by atoms with Crippen LogP contribution >= 0.6 is 22.7 Å². The Morgan fingerprint density at radius 2 is 2.04 bits per heavy atom. The number of aromatic nitrogens is 1. The Morgan fingerprint density at radius 3 is 2.71 bits per heavy atom. The minimum absolute atomic E-state index is 0.152. The molecule has 0 radical (unpaired) electrons. The molecule has 0 fully saturated rings. The van der Waals surface area contributed by atoms with Gasteiger partial charge in [-0.05, 0) is 36.9 Å². The van der Waals surface area contributed by atoms with Crippen molar-refractivity contribution in [3.8, 4) is 0 Å². The molecule has 3 heterocycles. The first-order chi connectivity index (χ1) is 13.6. The lowest BCUT2D eigenvalue weighted by molar-refractivity contribution is -0.139. The molecule has 0 unspecified atom stereocenters. The second-order valence-corrected chi connectivity index (χ2v) is 8.22. The van der Waals surface area contributed by atoms with Crippen LogP contribution in [0.1, 0.15) is 30.3 Å². The van der Waals surface area contributed by atoms with Crippen LogP contribution in [-0.2, 0) is 9.53 Å². The van der Waals surface area contributed by atoms with Crippen LogP contribution in [0.2, 0.25) is 0 Å². The van der Waals surface area contributed by atoms with Crippen LogP contribution in [0.25, 0.3) is 6.08 Å². The first-order valence-electron chi connectivity index (χ1n) is 8.88. The van der Waals surface area contributed by atoms with Gasteiger partial charge in [0.1, 0.15) is 6.04 Å². The molecule has 0 saturated carbocycles. The highest BCUT2D eigenvalue weighted by Crippen LogP contribution is 2.33. The monoisotopic (exact) mass is 410 g/mol. The fraction of sp³-hybridized carbons (Fsp3) is 0.190. The number of thiazole rings is 1. The highest BCUT2D eigenvalue weighted by molar-refractivity contribution is 7.10. The fourth-order valence-electron chi connectivity index (χ4n) is 3.21. The predicted molar refractivity (Wildman–Crippen MR) is 111 cm³/mol. The molecule has 1 atom stereocenters. The van der Waals surface area contributed by atoms with E-state index in [1.54, 1.807) is 18.4 Å². The van der Waals surface area contributed by atoms with Gasteiger partial charge < -0.3 is 4.74 Å². The van der Waals surface area contributed by atoms with Crippen LogP contribution in [0.4, 0.5) is 0 Å². The standard InChI is InChI=1S/C21H18N2O3S2/c1-3-26-20(25)17-13(2)22-21-23(18(17)15-10-7-11-27-15)19(24)16(28-21)12-14-8-5-4-6-9-14/h4-12,18H,3H2,1-2H3/t18-/m0/s1. The molecular weight excluding hydrogens is 392 g/mol. The summed E-state index contributed by atoms with van der Waals surface area (Å²) in [5.74, 6) is -0.431. The second-order valence-electron chi connectivity index (χ2n) is 6.23. The number of benzene rings is 1. The van der Waals surface area contributed by atoms with Crippen LogP contribution in [-0.4, -0.2) is 17.1 Å². The minimum Gasteiger partial charge on any atom is -0.463 e. The van der Waals surface area contributed by atoms with Crippen molar-refractivity contribution in [3.63, 3.8) is 0 Å². The third-order valence-corrected chi connectivity index (χ3v) is 6.33. The van der Waals surface area contributed by atoms with Crippen molar-refractivity contribution in [2.45, 2.75) is 19.9 Å². The van der Waals surface area contributed by atoms with Crippen LogP contribution in [0.15, 0.2) is 68.9 Å². The molecule has 1 aromatic carbocycles. The van der Waals surface area contributed by atoms with Gasteiger partial charge in [0.25, 0.3) is 5.56 Å². The summed E-state index contributed by atoms with van der Waals surface area (Å²) >= 11 is 2.84. The maximum atomic E-state index is 13.3. The van der Waals surface area contributed by atoms with E-state index < -0.39 is 12.0 Å². The molecule has 28 heavy (non-hydrogen) atoms. The van der Waals surface area contributed by atoms with Gasteiger partial charge in [-0.3, -0.25) is 9.36 Å². The van der Waals surface area contributed by atoms with Gasteiger partial charge in [0.15, 0.2) is 4.80 Å². The number of hydrogen-bond donors (Lipinski definition) is 0. The average Bonchev–Trinajstić information content (AvgIpc) is 3.31.